The smallest absolute Gasteiger partial charge is 0.213 e. The summed E-state index contributed by atoms with van der Waals surface area (Å²) in [6.07, 6.45) is 3.65. The average Bonchev–Trinajstić information content (AvgIpc) is 2.39. The Labute approximate surface area is 109 Å². The van der Waals surface area contributed by atoms with Gasteiger partial charge in [-0.2, -0.15) is 0 Å². The zero-order valence-electron chi connectivity index (χ0n) is 9.85. The third-order valence-corrected chi connectivity index (χ3v) is 2.71. The van der Waals surface area contributed by atoms with E-state index in [1.165, 1.54) is 19.5 Å². The average molecular weight is 264 g/mol. The van der Waals surface area contributed by atoms with Gasteiger partial charge in [-0.15, -0.1) is 0 Å². The van der Waals surface area contributed by atoms with Crippen molar-refractivity contribution < 1.29 is 9.53 Å². The molecule has 0 saturated carbocycles. The number of aryl methyl sites for hydroxylation is 1. The van der Waals surface area contributed by atoms with Crippen LogP contribution in [0.15, 0.2) is 18.5 Å². The first-order valence-corrected chi connectivity index (χ1v) is 5.52. The van der Waals surface area contributed by atoms with Crippen LogP contribution in [0.5, 0.6) is 5.88 Å². The van der Waals surface area contributed by atoms with Crippen LogP contribution in [0.2, 0.25) is 5.02 Å². The van der Waals surface area contributed by atoms with E-state index in [9.17, 15) is 4.79 Å². The fraction of sp³-hybridized carbons (Fsp3) is 0.167. The van der Waals surface area contributed by atoms with Gasteiger partial charge in [-0.3, -0.25) is 4.79 Å². The van der Waals surface area contributed by atoms with Crippen LogP contribution in [0.25, 0.3) is 11.3 Å². The van der Waals surface area contributed by atoms with Crippen LogP contribution in [0, 0.1) is 6.92 Å². The number of aromatic nitrogens is 3. The van der Waals surface area contributed by atoms with E-state index in [0.717, 1.165) is 0 Å². The van der Waals surface area contributed by atoms with Crippen molar-refractivity contribution in [3.63, 3.8) is 0 Å². The summed E-state index contributed by atoms with van der Waals surface area (Å²) >= 11 is 6.06. The molecule has 0 N–H and O–H groups in total. The quantitative estimate of drug-likeness (QED) is 0.795. The van der Waals surface area contributed by atoms with Gasteiger partial charge in [0.15, 0.2) is 6.29 Å². The highest BCUT2D eigenvalue weighted by molar-refractivity contribution is 6.33. The van der Waals surface area contributed by atoms with Gasteiger partial charge >= 0.3 is 0 Å². The summed E-state index contributed by atoms with van der Waals surface area (Å²) in [7, 11) is 1.52. The second-order valence-corrected chi connectivity index (χ2v) is 3.96. The maximum Gasteiger partial charge on any atom is 0.213 e. The molecule has 0 unspecified atom stereocenters. The van der Waals surface area contributed by atoms with Crippen molar-refractivity contribution in [3.8, 4) is 17.1 Å². The minimum atomic E-state index is 0.316. The zero-order chi connectivity index (χ0) is 13.1. The lowest BCUT2D eigenvalue weighted by molar-refractivity contribution is 0.111. The number of ether oxygens (including phenoxy) is 1. The number of nitrogens with zero attached hydrogens (tertiary/aromatic N) is 3. The van der Waals surface area contributed by atoms with E-state index in [4.69, 9.17) is 16.3 Å². The molecule has 2 aromatic rings. The second kappa shape index (κ2) is 5.10. The van der Waals surface area contributed by atoms with Crippen molar-refractivity contribution in [2.75, 3.05) is 7.11 Å². The first-order valence-electron chi connectivity index (χ1n) is 5.14. The third kappa shape index (κ3) is 2.31. The number of methoxy groups -OCH3 is 1. The molecule has 92 valence electrons. The Hall–Kier alpha value is -2.01. The molecule has 0 bridgehead atoms. The van der Waals surface area contributed by atoms with Gasteiger partial charge in [0.2, 0.25) is 5.88 Å². The monoisotopic (exact) mass is 263 g/mol. The van der Waals surface area contributed by atoms with Gasteiger partial charge in [0.05, 0.1) is 35.9 Å². The topological polar surface area (TPSA) is 65.0 Å². The van der Waals surface area contributed by atoms with Crippen LogP contribution in [0.1, 0.15) is 16.2 Å². The number of carbonyl (C=O) groups is 1. The molecule has 0 saturated heterocycles. The van der Waals surface area contributed by atoms with Gasteiger partial charge in [0, 0.05) is 11.6 Å². The van der Waals surface area contributed by atoms with Crippen LogP contribution in [0.4, 0.5) is 0 Å². The summed E-state index contributed by atoms with van der Waals surface area (Å²) in [6.45, 7) is 1.71. The summed E-state index contributed by atoms with van der Waals surface area (Å²) in [5, 5.41) is 0.448. The Morgan fingerprint density at radius 3 is 2.72 bits per heavy atom. The Morgan fingerprint density at radius 1 is 1.33 bits per heavy atom. The fourth-order valence-corrected chi connectivity index (χ4v) is 1.66. The molecule has 0 spiro atoms. The minimum absolute atomic E-state index is 0.316. The zero-order valence-corrected chi connectivity index (χ0v) is 10.6. The van der Waals surface area contributed by atoms with E-state index in [2.05, 4.69) is 15.0 Å². The lowest BCUT2D eigenvalue weighted by Gasteiger charge is -2.06. The first kappa shape index (κ1) is 12.4. The van der Waals surface area contributed by atoms with Crippen molar-refractivity contribution in [1.82, 2.24) is 15.0 Å². The van der Waals surface area contributed by atoms with Gasteiger partial charge < -0.3 is 4.74 Å². The third-order valence-electron chi connectivity index (χ3n) is 2.41. The molecule has 2 rings (SSSR count). The molecule has 0 aliphatic carbocycles. The predicted octanol–water partition coefficient (Wildman–Crippen LogP) is 2.32. The largest absolute Gasteiger partial charge is 0.481 e. The molecule has 18 heavy (non-hydrogen) atoms. The van der Waals surface area contributed by atoms with Gasteiger partial charge in [-0.05, 0) is 6.92 Å². The lowest BCUT2D eigenvalue weighted by Crippen LogP contribution is -1.98. The molecule has 0 aliphatic heterocycles. The van der Waals surface area contributed by atoms with Crippen molar-refractivity contribution in [2.45, 2.75) is 6.92 Å². The summed E-state index contributed by atoms with van der Waals surface area (Å²) in [5.41, 5.74) is 2.10. The number of rotatable bonds is 3. The Bertz CT molecular complexity index is 602. The fourth-order valence-electron chi connectivity index (χ4n) is 1.46. The number of hydrogen-bond donors (Lipinski definition) is 0. The lowest BCUT2D eigenvalue weighted by atomic mass is 10.2. The molecule has 0 radical (unpaired) electrons. The second-order valence-electron chi connectivity index (χ2n) is 3.55. The van der Waals surface area contributed by atoms with Crippen LogP contribution in [-0.4, -0.2) is 28.3 Å². The van der Waals surface area contributed by atoms with E-state index in [1.54, 1.807) is 13.0 Å². The molecule has 0 fully saturated rings. The van der Waals surface area contributed by atoms with Crippen molar-refractivity contribution in [2.24, 2.45) is 0 Å². The molecule has 0 amide bonds. The van der Waals surface area contributed by atoms with Crippen molar-refractivity contribution in [3.05, 3.63) is 34.9 Å². The minimum Gasteiger partial charge on any atom is -0.481 e. The normalized spacial score (nSPS) is 10.2. The van der Waals surface area contributed by atoms with Crippen LogP contribution in [0.3, 0.4) is 0 Å². The standard InChI is InChI=1S/C12H10ClN3O2/c1-7-11(6-17)14-5-10(16-7)8-3-12(18-2)15-4-9(8)13/h3-6H,1-2H3. The highest BCUT2D eigenvalue weighted by atomic mass is 35.5. The number of pyridine rings is 1. The summed E-state index contributed by atoms with van der Waals surface area (Å²) in [6, 6.07) is 1.67. The Morgan fingerprint density at radius 2 is 2.11 bits per heavy atom. The maximum absolute atomic E-state index is 10.7. The first-order chi connectivity index (χ1) is 8.65. The molecule has 0 aromatic carbocycles. The number of aldehydes is 1. The van der Waals surface area contributed by atoms with Gasteiger partial charge in [0.25, 0.3) is 0 Å². The van der Waals surface area contributed by atoms with E-state index in [1.807, 2.05) is 0 Å². The Balaban J connectivity index is 2.54. The molecule has 2 aromatic heterocycles. The highest BCUT2D eigenvalue weighted by Crippen LogP contribution is 2.28. The van der Waals surface area contributed by atoms with Crippen molar-refractivity contribution in [1.29, 1.82) is 0 Å². The molecular formula is C12H10ClN3O2. The van der Waals surface area contributed by atoms with Crippen LogP contribution >= 0.6 is 11.6 Å². The van der Waals surface area contributed by atoms with Gasteiger partial charge in [0.1, 0.15) is 5.69 Å². The van der Waals surface area contributed by atoms with Crippen molar-refractivity contribution >= 4 is 17.9 Å². The number of halogens is 1. The summed E-state index contributed by atoms with van der Waals surface area (Å²) in [5.74, 6) is 0.438. The summed E-state index contributed by atoms with van der Waals surface area (Å²) in [4.78, 5) is 23.0. The SMILES string of the molecule is COc1cc(-c2cnc(C=O)c(C)n2)c(Cl)cn1. The van der Waals surface area contributed by atoms with E-state index in [-0.39, 0.29) is 0 Å². The highest BCUT2D eigenvalue weighted by Gasteiger charge is 2.10. The maximum atomic E-state index is 10.7. The number of hydrogen-bond acceptors (Lipinski definition) is 5. The molecule has 0 aliphatic rings. The number of carbonyl (C=O) groups excluding carboxylic acids is 1. The molecule has 2 heterocycles. The van der Waals surface area contributed by atoms with Gasteiger partial charge in [-0.25, -0.2) is 15.0 Å². The van der Waals surface area contributed by atoms with Gasteiger partial charge in [-0.1, -0.05) is 11.6 Å². The van der Waals surface area contributed by atoms with E-state index < -0.39 is 0 Å². The molecule has 5 nitrogen and oxygen atoms in total. The van der Waals surface area contributed by atoms with Crippen LogP contribution in [-0.2, 0) is 0 Å². The summed E-state index contributed by atoms with van der Waals surface area (Å²) < 4.78 is 5.03. The molecule has 0 atom stereocenters. The van der Waals surface area contributed by atoms with E-state index >= 15 is 0 Å². The Kier molecular flexibility index (Phi) is 3.53. The van der Waals surface area contributed by atoms with Crippen LogP contribution < -0.4 is 4.74 Å². The van der Waals surface area contributed by atoms with E-state index in [0.29, 0.717) is 39.8 Å². The molecule has 6 heteroatoms. The molecular weight excluding hydrogens is 254 g/mol. The predicted molar refractivity (Wildman–Crippen MR) is 66.9 cm³/mol.